The third kappa shape index (κ3) is 4.76. The molecule has 1 N–H and O–H groups in total. The third-order valence-electron chi connectivity index (χ3n) is 5.92. The quantitative estimate of drug-likeness (QED) is 0.327. The highest BCUT2D eigenvalue weighted by Crippen LogP contribution is 2.26. The van der Waals surface area contributed by atoms with Gasteiger partial charge in [-0.3, -0.25) is 4.79 Å². The molecule has 0 saturated heterocycles. The number of benzene rings is 2. The van der Waals surface area contributed by atoms with E-state index in [0.29, 0.717) is 22.6 Å². The van der Waals surface area contributed by atoms with Gasteiger partial charge in [-0.2, -0.15) is 5.26 Å². The smallest absolute Gasteiger partial charge is 0.349 e. The Kier molecular flexibility index (Phi) is 6.60. The van der Waals surface area contributed by atoms with Gasteiger partial charge in [-0.15, -0.1) is 0 Å². The molecule has 6 nitrogen and oxygen atoms in total. The first-order valence-electron chi connectivity index (χ1n) is 11.0. The number of carbonyl (C=O) groups is 2. The van der Waals surface area contributed by atoms with E-state index in [1.165, 1.54) is 23.3 Å². The number of halogens is 1. The average Bonchev–Trinajstić information content (AvgIpc) is 3.39. The molecule has 1 amide bonds. The summed E-state index contributed by atoms with van der Waals surface area (Å²) in [4.78, 5) is 24.7. The molecule has 4 rings (SSSR count). The molecule has 0 unspecified atom stereocenters. The van der Waals surface area contributed by atoms with Crippen LogP contribution in [0.15, 0.2) is 54.1 Å². The number of nitrogens with one attached hydrogen (secondary N) is 1. The number of para-hydroxylation sites is 1. The first-order chi connectivity index (χ1) is 16.4. The Bertz CT molecular complexity index is 1350. The van der Waals surface area contributed by atoms with E-state index in [2.05, 4.69) is 5.32 Å². The van der Waals surface area contributed by atoms with Crippen molar-refractivity contribution in [3.63, 3.8) is 0 Å². The average molecular weight is 458 g/mol. The molecule has 0 radical (unpaired) electrons. The summed E-state index contributed by atoms with van der Waals surface area (Å²) in [5.74, 6) is -1.77. The fraction of sp³-hybridized carbons (Fsp3) is 0.222. The molecule has 0 atom stereocenters. The molecular weight excluding hydrogens is 433 g/mol. The summed E-state index contributed by atoms with van der Waals surface area (Å²) >= 11 is 0. The number of nitriles is 1. The van der Waals surface area contributed by atoms with Crippen molar-refractivity contribution in [2.75, 3.05) is 11.9 Å². The van der Waals surface area contributed by atoms with Crippen molar-refractivity contribution in [1.82, 2.24) is 4.57 Å². The SMILES string of the molecule is Cc1cc(/C=C(\C#N)C(=O)OCC(=O)Nc2ccc3c(c2)CCC3)c(C)n1-c1ccccc1F. The fourth-order valence-electron chi connectivity index (χ4n) is 4.29. The molecule has 1 heterocycles. The second-order valence-corrected chi connectivity index (χ2v) is 8.24. The summed E-state index contributed by atoms with van der Waals surface area (Å²) in [6.45, 7) is 3.07. The molecule has 1 aliphatic carbocycles. The number of anilines is 1. The van der Waals surface area contributed by atoms with Crippen molar-refractivity contribution >= 4 is 23.6 Å². The van der Waals surface area contributed by atoms with Crippen molar-refractivity contribution in [2.24, 2.45) is 0 Å². The van der Waals surface area contributed by atoms with Crippen molar-refractivity contribution < 1.29 is 18.7 Å². The maximum atomic E-state index is 14.3. The van der Waals surface area contributed by atoms with Crippen LogP contribution in [0.3, 0.4) is 0 Å². The zero-order valence-electron chi connectivity index (χ0n) is 19.0. The Morgan fingerprint density at radius 3 is 2.68 bits per heavy atom. The number of amides is 1. The number of hydrogen-bond acceptors (Lipinski definition) is 4. The van der Waals surface area contributed by atoms with Gasteiger partial charge in [-0.25, -0.2) is 9.18 Å². The molecule has 0 fully saturated rings. The Labute approximate surface area is 197 Å². The predicted octanol–water partition coefficient (Wildman–Crippen LogP) is 4.81. The van der Waals surface area contributed by atoms with Gasteiger partial charge in [0.2, 0.25) is 0 Å². The van der Waals surface area contributed by atoms with Gasteiger partial charge in [0.15, 0.2) is 6.61 Å². The molecule has 0 saturated carbocycles. The zero-order valence-corrected chi connectivity index (χ0v) is 19.0. The second kappa shape index (κ2) is 9.75. The van der Waals surface area contributed by atoms with Gasteiger partial charge in [0, 0.05) is 17.1 Å². The lowest BCUT2D eigenvalue weighted by molar-refractivity contribution is -0.142. The van der Waals surface area contributed by atoms with Crippen LogP contribution < -0.4 is 5.32 Å². The largest absolute Gasteiger partial charge is 0.451 e. The minimum atomic E-state index is -0.901. The lowest BCUT2D eigenvalue weighted by Gasteiger charge is -2.10. The predicted molar refractivity (Wildman–Crippen MR) is 127 cm³/mol. The number of ether oxygens (including phenoxy) is 1. The summed E-state index contributed by atoms with van der Waals surface area (Å²) in [5, 5.41) is 12.2. The third-order valence-corrected chi connectivity index (χ3v) is 5.92. The van der Waals surface area contributed by atoms with Gasteiger partial charge in [0.05, 0.1) is 5.69 Å². The van der Waals surface area contributed by atoms with Crippen LogP contribution >= 0.6 is 0 Å². The molecule has 3 aromatic rings. The number of carbonyl (C=O) groups excluding carboxylic acids is 2. The number of esters is 1. The summed E-state index contributed by atoms with van der Waals surface area (Å²) in [6, 6.07) is 15.7. The number of nitrogens with zero attached hydrogens (tertiary/aromatic N) is 2. The first-order valence-corrected chi connectivity index (χ1v) is 11.0. The van der Waals surface area contributed by atoms with Gasteiger partial charge in [-0.05, 0) is 86.2 Å². The maximum absolute atomic E-state index is 14.3. The molecule has 0 bridgehead atoms. The molecule has 1 aliphatic rings. The van der Waals surface area contributed by atoms with Crippen molar-refractivity contribution in [3.05, 3.63) is 88.0 Å². The number of fused-ring (bicyclic) bond motifs is 1. The van der Waals surface area contributed by atoms with Crippen LogP contribution in [-0.2, 0) is 27.2 Å². The van der Waals surface area contributed by atoms with E-state index in [1.54, 1.807) is 35.8 Å². The highest BCUT2D eigenvalue weighted by Gasteiger charge is 2.18. The van der Waals surface area contributed by atoms with E-state index in [0.717, 1.165) is 25.0 Å². The van der Waals surface area contributed by atoms with Crippen LogP contribution in [0.25, 0.3) is 11.8 Å². The van der Waals surface area contributed by atoms with Gasteiger partial charge in [-0.1, -0.05) is 18.2 Å². The second-order valence-electron chi connectivity index (χ2n) is 8.24. The van der Waals surface area contributed by atoms with Crippen LogP contribution in [0.1, 0.15) is 34.5 Å². The number of hydrogen-bond donors (Lipinski definition) is 1. The molecule has 7 heteroatoms. The normalized spacial score (nSPS) is 12.7. The molecule has 1 aromatic heterocycles. The maximum Gasteiger partial charge on any atom is 0.349 e. The van der Waals surface area contributed by atoms with E-state index in [4.69, 9.17) is 4.74 Å². The lowest BCUT2D eigenvalue weighted by Crippen LogP contribution is -2.21. The topological polar surface area (TPSA) is 84.1 Å². The van der Waals surface area contributed by atoms with E-state index in [9.17, 15) is 19.2 Å². The first kappa shape index (κ1) is 23.0. The minimum Gasteiger partial charge on any atom is -0.451 e. The van der Waals surface area contributed by atoms with E-state index >= 15 is 0 Å². The van der Waals surface area contributed by atoms with E-state index < -0.39 is 18.5 Å². The Hall–Kier alpha value is -4.18. The van der Waals surface area contributed by atoms with Crippen molar-refractivity contribution in [3.8, 4) is 11.8 Å². The van der Waals surface area contributed by atoms with Gasteiger partial charge in [0.25, 0.3) is 5.91 Å². The Morgan fingerprint density at radius 2 is 1.91 bits per heavy atom. The van der Waals surface area contributed by atoms with Crippen molar-refractivity contribution in [1.29, 1.82) is 5.26 Å². The summed E-state index contributed by atoms with van der Waals surface area (Å²) in [5.41, 5.74) is 5.28. The lowest BCUT2D eigenvalue weighted by atomic mass is 10.1. The van der Waals surface area contributed by atoms with Crippen LogP contribution in [-0.4, -0.2) is 23.1 Å². The number of aryl methyl sites for hydroxylation is 3. The summed E-state index contributed by atoms with van der Waals surface area (Å²) < 4.78 is 21.1. The molecule has 0 aliphatic heterocycles. The highest BCUT2D eigenvalue weighted by molar-refractivity contribution is 6.00. The van der Waals surface area contributed by atoms with Crippen LogP contribution in [0, 0.1) is 31.0 Å². The molecular formula is C27H24FN3O3. The van der Waals surface area contributed by atoms with Gasteiger partial charge >= 0.3 is 5.97 Å². The molecule has 0 spiro atoms. The van der Waals surface area contributed by atoms with Crippen LogP contribution in [0.5, 0.6) is 0 Å². The Morgan fingerprint density at radius 1 is 1.15 bits per heavy atom. The number of aromatic nitrogens is 1. The Balaban J connectivity index is 1.44. The monoisotopic (exact) mass is 457 g/mol. The standard InChI is InChI=1S/C27H24FN3O3/c1-17-12-21(18(2)31(17)25-9-4-3-8-24(25)28)13-22(15-29)27(33)34-16-26(32)30-23-11-10-19-6-5-7-20(19)14-23/h3-4,8-14H,5-7,16H2,1-2H3,(H,30,32)/b22-13+. The van der Waals surface area contributed by atoms with Gasteiger partial charge < -0.3 is 14.6 Å². The van der Waals surface area contributed by atoms with Crippen molar-refractivity contribution in [2.45, 2.75) is 33.1 Å². The fourth-order valence-corrected chi connectivity index (χ4v) is 4.29. The highest BCUT2D eigenvalue weighted by atomic mass is 19.1. The molecule has 172 valence electrons. The van der Waals surface area contributed by atoms with Gasteiger partial charge in [0.1, 0.15) is 17.5 Å². The number of rotatable bonds is 6. The van der Waals surface area contributed by atoms with E-state index in [1.807, 2.05) is 31.2 Å². The van der Waals surface area contributed by atoms with E-state index in [-0.39, 0.29) is 11.4 Å². The molecule has 2 aromatic carbocycles. The van der Waals surface area contributed by atoms with Crippen LogP contribution in [0.2, 0.25) is 0 Å². The molecule has 34 heavy (non-hydrogen) atoms. The zero-order chi connectivity index (χ0) is 24.2. The van der Waals surface area contributed by atoms with Crippen LogP contribution in [0.4, 0.5) is 10.1 Å². The summed E-state index contributed by atoms with van der Waals surface area (Å²) in [7, 11) is 0. The summed E-state index contributed by atoms with van der Waals surface area (Å²) in [6.07, 6.45) is 4.53. The minimum absolute atomic E-state index is 0.251.